The maximum Gasteiger partial charge on any atom is 0.0757 e. The zero-order valence-corrected chi connectivity index (χ0v) is 14.9. The van der Waals surface area contributed by atoms with Crippen LogP contribution in [-0.4, -0.2) is 0 Å². The average Bonchev–Trinajstić information content (AvgIpc) is 2.76. The Bertz CT molecular complexity index is 594. The molecule has 0 radical (unpaired) electrons. The third-order valence-corrected chi connectivity index (χ3v) is 6.67. The number of thiophene rings is 1. The fraction of sp³-hybridized carbons (Fsp3) is 0.333. The molecule has 4 heteroatoms. The molecule has 1 aliphatic carbocycles. The van der Waals surface area contributed by atoms with E-state index >= 15 is 0 Å². The fourth-order valence-electron chi connectivity index (χ4n) is 2.85. The molecule has 0 amide bonds. The highest BCUT2D eigenvalue weighted by atomic mass is 79.9. The Balaban J connectivity index is 1.97. The number of hydrogen-bond donors (Lipinski definition) is 0. The van der Waals surface area contributed by atoms with Crippen LogP contribution >= 0.6 is 54.8 Å². The van der Waals surface area contributed by atoms with E-state index < -0.39 is 0 Å². The zero-order chi connectivity index (χ0) is 13.4. The van der Waals surface area contributed by atoms with Gasteiger partial charge in [0.15, 0.2) is 0 Å². The highest BCUT2D eigenvalue weighted by Gasteiger charge is 2.29. The lowest BCUT2D eigenvalue weighted by molar-refractivity contribution is 0.539. The van der Waals surface area contributed by atoms with Gasteiger partial charge in [-0.15, -0.1) is 22.9 Å². The largest absolute Gasteiger partial charge is 0.121 e. The predicted molar refractivity (Wildman–Crippen MR) is 90.4 cm³/mol. The minimum absolute atomic E-state index is 0.0402. The molecule has 1 heterocycles. The van der Waals surface area contributed by atoms with Crippen molar-refractivity contribution in [2.45, 2.75) is 30.6 Å². The summed E-state index contributed by atoms with van der Waals surface area (Å²) in [6, 6.07) is 10.9. The van der Waals surface area contributed by atoms with Gasteiger partial charge in [-0.1, -0.05) is 24.3 Å². The molecule has 0 aliphatic heterocycles. The van der Waals surface area contributed by atoms with Crippen LogP contribution in [-0.2, 0) is 6.42 Å². The van der Waals surface area contributed by atoms with Crippen molar-refractivity contribution in [3.8, 4) is 0 Å². The van der Waals surface area contributed by atoms with Crippen molar-refractivity contribution in [3.05, 3.63) is 54.6 Å². The highest BCUT2D eigenvalue weighted by Crippen LogP contribution is 2.48. The normalized spacial score (nSPS) is 20.1. The number of halogens is 3. The van der Waals surface area contributed by atoms with Crippen LogP contribution in [0.15, 0.2) is 37.9 Å². The minimum atomic E-state index is 0.0402. The quantitative estimate of drug-likeness (QED) is 0.476. The van der Waals surface area contributed by atoms with Crippen LogP contribution in [0.2, 0.25) is 0 Å². The maximum absolute atomic E-state index is 6.79. The zero-order valence-electron chi connectivity index (χ0n) is 10.2. The second-order valence-corrected chi connectivity index (χ2v) is 9.10. The number of hydrogen-bond acceptors (Lipinski definition) is 1. The van der Waals surface area contributed by atoms with Crippen LogP contribution in [0.5, 0.6) is 0 Å². The molecule has 100 valence electrons. The van der Waals surface area contributed by atoms with Crippen LogP contribution in [0, 0.1) is 0 Å². The summed E-state index contributed by atoms with van der Waals surface area (Å²) in [7, 11) is 0. The number of benzene rings is 1. The minimum Gasteiger partial charge on any atom is -0.121 e. The van der Waals surface area contributed by atoms with E-state index in [1.807, 2.05) is 0 Å². The van der Waals surface area contributed by atoms with Crippen molar-refractivity contribution in [1.82, 2.24) is 0 Å². The summed E-state index contributed by atoms with van der Waals surface area (Å²) in [5.41, 5.74) is 4.11. The Morgan fingerprint density at radius 1 is 1.26 bits per heavy atom. The Hall–Kier alpha value is 0.170. The summed E-state index contributed by atoms with van der Waals surface area (Å²) in [6.07, 6.45) is 3.59. The molecule has 3 rings (SSSR count). The maximum atomic E-state index is 6.79. The van der Waals surface area contributed by atoms with Crippen molar-refractivity contribution >= 4 is 54.8 Å². The van der Waals surface area contributed by atoms with Crippen LogP contribution in [0.25, 0.3) is 0 Å². The molecule has 0 saturated carbocycles. The monoisotopic (exact) mass is 418 g/mol. The van der Waals surface area contributed by atoms with Gasteiger partial charge in [0, 0.05) is 5.92 Å². The summed E-state index contributed by atoms with van der Waals surface area (Å²) in [5.74, 6) is 0.421. The highest BCUT2D eigenvalue weighted by molar-refractivity contribution is 9.12. The molecule has 0 fully saturated rings. The molecule has 1 aliphatic rings. The Labute approximate surface area is 139 Å². The number of rotatable bonds is 2. The van der Waals surface area contributed by atoms with Gasteiger partial charge in [0.25, 0.3) is 0 Å². The number of aryl methyl sites for hydroxylation is 1. The van der Waals surface area contributed by atoms with Gasteiger partial charge in [0.2, 0.25) is 0 Å². The first-order valence-corrected chi connectivity index (χ1v) is 9.17. The van der Waals surface area contributed by atoms with Gasteiger partial charge in [-0.05, 0) is 73.9 Å². The molecule has 2 atom stereocenters. The van der Waals surface area contributed by atoms with E-state index in [9.17, 15) is 0 Å². The standard InChI is InChI=1S/C15H13Br2ClS/c16-13-8-12(15(17)19-13)14(18)11-7-3-5-9-4-1-2-6-10(9)11/h1-2,4,6,8,11,14H,3,5,7H2. The smallest absolute Gasteiger partial charge is 0.0757 e. The van der Waals surface area contributed by atoms with Gasteiger partial charge in [-0.3, -0.25) is 0 Å². The summed E-state index contributed by atoms with van der Waals surface area (Å²) >= 11 is 15.6. The van der Waals surface area contributed by atoms with Gasteiger partial charge in [-0.2, -0.15) is 0 Å². The van der Waals surface area contributed by atoms with E-state index in [0.717, 1.165) is 7.57 Å². The van der Waals surface area contributed by atoms with Crippen molar-refractivity contribution in [2.75, 3.05) is 0 Å². The van der Waals surface area contributed by atoms with Crippen LogP contribution < -0.4 is 0 Å². The van der Waals surface area contributed by atoms with E-state index in [0.29, 0.717) is 5.92 Å². The van der Waals surface area contributed by atoms with Gasteiger partial charge in [0.1, 0.15) is 0 Å². The predicted octanol–water partition coefficient (Wildman–Crippen LogP) is 6.67. The third-order valence-electron chi connectivity index (χ3n) is 3.75. The van der Waals surface area contributed by atoms with Gasteiger partial charge < -0.3 is 0 Å². The molecular formula is C15H13Br2ClS. The molecular weight excluding hydrogens is 407 g/mol. The number of fused-ring (bicyclic) bond motifs is 1. The number of alkyl halides is 1. The molecule has 0 nitrogen and oxygen atoms in total. The first kappa shape index (κ1) is 14.1. The Morgan fingerprint density at radius 3 is 2.79 bits per heavy atom. The van der Waals surface area contributed by atoms with E-state index in [1.54, 1.807) is 11.3 Å². The molecule has 19 heavy (non-hydrogen) atoms. The third kappa shape index (κ3) is 2.80. The average molecular weight is 421 g/mol. The fourth-order valence-corrected chi connectivity index (χ4v) is 6.41. The molecule has 0 N–H and O–H groups in total. The van der Waals surface area contributed by atoms with Crippen molar-refractivity contribution in [3.63, 3.8) is 0 Å². The molecule has 0 bridgehead atoms. The second-order valence-electron chi connectivity index (χ2n) is 4.88. The van der Waals surface area contributed by atoms with Crippen LogP contribution in [0.4, 0.5) is 0 Å². The molecule has 0 saturated heterocycles. The molecule has 2 unspecified atom stereocenters. The molecule has 0 spiro atoms. The summed E-state index contributed by atoms with van der Waals surface area (Å²) in [4.78, 5) is 0. The lowest BCUT2D eigenvalue weighted by Gasteiger charge is -2.29. The summed E-state index contributed by atoms with van der Waals surface area (Å²) in [6.45, 7) is 0. The van der Waals surface area contributed by atoms with E-state index in [4.69, 9.17) is 11.6 Å². The lowest BCUT2D eigenvalue weighted by Crippen LogP contribution is -2.14. The molecule has 1 aromatic carbocycles. The van der Waals surface area contributed by atoms with Crippen molar-refractivity contribution in [1.29, 1.82) is 0 Å². The topological polar surface area (TPSA) is 0 Å². The summed E-state index contributed by atoms with van der Waals surface area (Å²) < 4.78 is 2.27. The molecule has 1 aromatic heterocycles. The van der Waals surface area contributed by atoms with Gasteiger partial charge in [0.05, 0.1) is 12.9 Å². The first-order valence-electron chi connectivity index (χ1n) is 6.33. The first-order chi connectivity index (χ1) is 9.16. The Morgan fingerprint density at radius 2 is 2.05 bits per heavy atom. The van der Waals surface area contributed by atoms with E-state index in [-0.39, 0.29) is 5.38 Å². The van der Waals surface area contributed by atoms with Gasteiger partial charge >= 0.3 is 0 Å². The van der Waals surface area contributed by atoms with Crippen LogP contribution in [0.3, 0.4) is 0 Å². The van der Waals surface area contributed by atoms with Crippen molar-refractivity contribution in [2.24, 2.45) is 0 Å². The second kappa shape index (κ2) is 5.88. The van der Waals surface area contributed by atoms with E-state index in [2.05, 4.69) is 62.2 Å². The van der Waals surface area contributed by atoms with Crippen molar-refractivity contribution < 1.29 is 0 Å². The Kier molecular flexibility index (Phi) is 4.37. The SMILES string of the molecule is ClC(c1cc(Br)sc1Br)C1CCCc2ccccc21. The molecule has 2 aromatic rings. The van der Waals surface area contributed by atoms with E-state index in [1.165, 1.54) is 36.0 Å². The van der Waals surface area contributed by atoms with Gasteiger partial charge in [-0.25, -0.2) is 0 Å². The summed E-state index contributed by atoms with van der Waals surface area (Å²) in [5, 5.41) is 0.0402. The lowest BCUT2D eigenvalue weighted by atomic mass is 9.80. The van der Waals surface area contributed by atoms with Crippen LogP contribution in [0.1, 0.15) is 40.8 Å².